The summed E-state index contributed by atoms with van der Waals surface area (Å²) < 4.78 is 35.9. The van der Waals surface area contributed by atoms with Crippen molar-refractivity contribution in [3.05, 3.63) is 65.2 Å². The van der Waals surface area contributed by atoms with Crippen LogP contribution in [0.1, 0.15) is 5.69 Å². The van der Waals surface area contributed by atoms with Gasteiger partial charge in [-0.25, -0.2) is 8.78 Å². The molecule has 1 fully saturated rings. The molecule has 0 radical (unpaired) electrons. The molecule has 0 atom stereocenters. The zero-order chi connectivity index (χ0) is 27.8. The molecule has 0 aliphatic carbocycles. The van der Waals surface area contributed by atoms with Gasteiger partial charge in [-0.15, -0.1) is 0 Å². The minimum Gasteiger partial charge on any atom is -0.467 e. The number of amides is 1. The van der Waals surface area contributed by atoms with Gasteiger partial charge in [0, 0.05) is 55.6 Å². The molecule has 0 spiro atoms. The summed E-state index contributed by atoms with van der Waals surface area (Å²) in [7, 11) is 1.39. The molecule has 14 heteroatoms. The third-order valence-corrected chi connectivity index (χ3v) is 6.89. The van der Waals surface area contributed by atoms with Gasteiger partial charge in [-0.1, -0.05) is 11.6 Å². The number of rotatable bonds is 5. The molecule has 1 aromatic carbocycles. The smallest absolute Gasteiger partial charge is 0.318 e. The molecule has 5 aromatic rings. The Kier molecular flexibility index (Phi) is 6.64. The van der Waals surface area contributed by atoms with Crippen LogP contribution < -0.4 is 9.64 Å². The molecule has 6 rings (SSSR count). The van der Waals surface area contributed by atoms with Crippen molar-refractivity contribution in [2.24, 2.45) is 0 Å². The molecule has 0 unspecified atom stereocenters. The van der Waals surface area contributed by atoms with Gasteiger partial charge in [-0.05, 0) is 24.3 Å². The first-order valence-corrected chi connectivity index (χ1v) is 12.5. The number of halogens is 3. The molecule has 0 saturated carbocycles. The summed E-state index contributed by atoms with van der Waals surface area (Å²) in [5.41, 5.74) is 1.31. The van der Waals surface area contributed by atoms with E-state index in [9.17, 15) is 9.18 Å². The number of benzene rings is 1. The number of carbonyl (C=O) groups is 1. The lowest BCUT2D eigenvalue weighted by molar-refractivity contribution is -0.128. The average molecular weight is 564 g/mol. The highest BCUT2D eigenvalue weighted by Gasteiger charge is 2.28. The predicted octanol–water partition coefficient (Wildman–Crippen LogP) is 3.82. The second kappa shape index (κ2) is 10.4. The van der Waals surface area contributed by atoms with Crippen LogP contribution in [0.3, 0.4) is 0 Å². The van der Waals surface area contributed by atoms with E-state index in [1.54, 1.807) is 30.5 Å². The van der Waals surface area contributed by atoms with E-state index in [0.29, 0.717) is 45.8 Å². The number of nitrogens with zero attached hydrogens (tertiary/aromatic N) is 8. The summed E-state index contributed by atoms with van der Waals surface area (Å²) in [6.45, 7) is 1.03. The van der Waals surface area contributed by atoms with Gasteiger partial charge in [0.1, 0.15) is 17.0 Å². The van der Waals surface area contributed by atoms with Gasteiger partial charge in [0.25, 0.3) is 5.91 Å². The van der Waals surface area contributed by atoms with Crippen LogP contribution in [-0.4, -0.2) is 79.4 Å². The molecule has 202 valence electrons. The minimum atomic E-state index is -0.937. The summed E-state index contributed by atoms with van der Waals surface area (Å²) in [4.78, 5) is 29.0. The number of methoxy groups -OCH3 is 1. The lowest BCUT2D eigenvalue weighted by Gasteiger charge is -2.35. The highest BCUT2D eigenvalue weighted by Crippen LogP contribution is 2.38. The van der Waals surface area contributed by atoms with E-state index < -0.39 is 17.6 Å². The van der Waals surface area contributed by atoms with Crippen LogP contribution >= 0.6 is 11.6 Å². The molecular weight excluding hydrogens is 544 g/mol. The zero-order valence-electron chi connectivity index (χ0n) is 21.0. The number of hydrogen-bond donors (Lipinski definition) is 1. The molecule has 1 aliphatic heterocycles. The highest BCUT2D eigenvalue weighted by molar-refractivity contribution is 6.35. The summed E-state index contributed by atoms with van der Waals surface area (Å²) in [6.07, 6.45) is 5.55. The number of nitrogens with one attached hydrogen (secondary N) is 1. The highest BCUT2D eigenvalue weighted by atomic mass is 35.5. The Bertz CT molecular complexity index is 1770. The molecule has 1 saturated heterocycles. The fourth-order valence-corrected chi connectivity index (χ4v) is 4.87. The average Bonchev–Trinajstić information content (AvgIpc) is 3.46. The van der Waals surface area contributed by atoms with Crippen molar-refractivity contribution in [3.8, 4) is 17.3 Å². The van der Waals surface area contributed by atoms with Crippen molar-refractivity contribution < 1.29 is 18.3 Å². The number of fused-ring (bicyclic) bond motifs is 2. The number of carbonyl (C=O) groups excluding carboxylic acids is 1. The van der Waals surface area contributed by atoms with Crippen molar-refractivity contribution in [2.45, 2.75) is 0 Å². The van der Waals surface area contributed by atoms with E-state index in [2.05, 4.69) is 35.3 Å². The van der Waals surface area contributed by atoms with E-state index >= 15 is 4.39 Å². The predicted molar refractivity (Wildman–Crippen MR) is 144 cm³/mol. The molecular formula is C26H20ClF2N9O2. The van der Waals surface area contributed by atoms with Gasteiger partial charge in [-0.2, -0.15) is 25.3 Å². The number of ether oxygens (including phenoxy) is 1. The topological polar surface area (TPSA) is 126 Å². The van der Waals surface area contributed by atoms with E-state index in [-0.39, 0.29) is 36.0 Å². The summed E-state index contributed by atoms with van der Waals surface area (Å²) in [5, 5.41) is 15.6. The molecule has 40 heavy (non-hydrogen) atoms. The second-order valence-corrected chi connectivity index (χ2v) is 9.30. The van der Waals surface area contributed by atoms with E-state index in [4.69, 9.17) is 16.3 Å². The first-order valence-electron chi connectivity index (χ1n) is 12.2. The van der Waals surface area contributed by atoms with Crippen molar-refractivity contribution in [3.63, 3.8) is 0 Å². The van der Waals surface area contributed by atoms with E-state index in [0.717, 1.165) is 6.08 Å². The van der Waals surface area contributed by atoms with Gasteiger partial charge >= 0.3 is 6.01 Å². The SMILES string of the molecule is COc1nc(N2CCN(C(=O)/C(F)=C/c3cccnn3)CC2)c2cnc(-c3c(Cl)ccc4[nH]ncc34)c(F)c2n1. The van der Waals surface area contributed by atoms with Gasteiger partial charge < -0.3 is 14.5 Å². The van der Waals surface area contributed by atoms with Gasteiger partial charge in [0.05, 0.1) is 34.9 Å². The minimum absolute atomic E-state index is 0.000121. The summed E-state index contributed by atoms with van der Waals surface area (Å²) >= 11 is 6.45. The number of hydrogen-bond acceptors (Lipinski definition) is 9. The fraction of sp³-hybridized carbons (Fsp3) is 0.192. The Morgan fingerprint density at radius 2 is 1.95 bits per heavy atom. The summed E-state index contributed by atoms with van der Waals surface area (Å²) in [6, 6.07) is 6.50. The largest absolute Gasteiger partial charge is 0.467 e. The van der Waals surface area contributed by atoms with Crippen molar-refractivity contribution in [1.82, 2.24) is 40.2 Å². The molecule has 5 heterocycles. The number of aromatic nitrogens is 7. The summed E-state index contributed by atoms with van der Waals surface area (Å²) in [5.74, 6) is -2.00. The van der Waals surface area contributed by atoms with Crippen LogP contribution in [0.5, 0.6) is 6.01 Å². The third-order valence-electron chi connectivity index (χ3n) is 6.57. The Balaban J connectivity index is 1.31. The van der Waals surface area contributed by atoms with Crippen molar-refractivity contribution >= 4 is 51.2 Å². The van der Waals surface area contributed by atoms with Crippen LogP contribution in [-0.2, 0) is 4.79 Å². The van der Waals surface area contributed by atoms with E-state index in [1.165, 1.54) is 24.4 Å². The maximum Gasteiger partial charge on any atom is 0.318 e. The molecule has 4 aromatic heterocycles. The number of anilines is 1. The van der Waals surface area contributed by atoms with Gasteiger partial charge in [0.2, 0.25) is 0 Å². The number of piperazine rings is 1. The quantitative estimate of drug-likeness (QED) is 0.318. The maximum atomic E-state index is 16.0. The lowest BCUT2D eigenvalue weighted by atomic mass is 10.0. The maximum absolute atomic E-state index is 16.0. The third kappa shape index (κ3) is 4.53. The van der Waals surface area contributed by atoms with Crippen LogP contribution in [0.25, 0.3) is 39.1 Å². The Hall–Kier alpha value is -4.78. The number of pyridine rings is 1. The molecule has 1 amide bonds. The monoisotopic (exact) mass is 563 g/mol. The lowest BCUT2D eigenvalue weighted by Crippen LogP contribution is -2.49. The zero-order valence-corrected chi connectivity index (χ0v) is 21.7. The van der Waals surface area contributed by atoms with Crippen LogP contribution in [0.4, 0.5) is 14.6 Å². The number of aromatic amines is 1. The first-order chi connectivity index (χ1) is 19.4. The Morgan fingerprint density at radius 3 is 2.70 bits per heavy atom. The van der Waals surface area contributed by atoms with Gasteiger partial charge in [0.15, 0.2) is 11.6 Å². The van der Waals surface area contributed by atoms with Crippen LogP contribution in [0.15, 0.2) is 48.7 Å². The number of H-pyrrole nitrogens is 1. The molecule has 1 aliphatic rings. The Morgan fingerprint density at radius 1 is 1.12 bits per heavy atom. The normalized spacial score (nSPS) is 14.2. The molecule has 11 nitrogen and oxygen atoms in total. The fourth-order valence-electron chi connectivity index (χ4n) is 4.61. The van der Waals surface area contributed by atoms with Gasteiger partial charge in [-0.3, -0.25) is 14.9 Å². The van der Waals surface area contributed by atoms with Crippen LogP contribution in [0, 0.1) is 5.82 Å². The van der Waals surface area contributed by atoms with E-state index in [1.807, 2.05) is 4.90 Å². The first kappa shape index (κ1) is 25.5. The van der Waals surface area contributed by atoms with Crippen molar-refractivity contribution in [1.29, 1.82) is 0 Å². The Labute approximate surface area is 230 Å². The molecule has 1 N–H and O–H groups in total. The molecule has 0 bridgehead atoms. The second-order valence-electron chi connectivity index (χ2n) is 8.89. The standard InChI is InChI=1S/C26H20ClF2N9O2/c1-40-26-33-22-16(12-30-23(21(22)29)20-15-13-32-36-19(15)5-4-17(20)27)24(34-26)37-7-9-38(10-8-37)25(39)18(28)11-14-3-2-6-31-35-14/h2-6,11-13H,7-10H2,1H3,(H,32,36)/b18-11-. The van der Waals surface area contributed by atoms with Crippen LogP contribution in [0.2, 0.25) is 5.02 Å². The van der Waals surface area contributed by atoms with Crippen molar-refractivity contribution in [2.75, 3.05) is 38.2 Å².